The first kappa shape index (κ1) is 17.7. The molecule has 7 heteroatoms. The van der Waals surface area contributed by atoms with Crippen LogP contribution >= 0.6 is 24.8 Å². The van der Waals surface area contributed by atoms with Crippen LogP contribution in [0, 0.1) is 5.92 Å². The van der Waals surface area contributed by atoms with Gasteiger partial charge in [-0.25, -0.2) is 0 Å². The number of hydrogen-bond donors (Lipinski definition) is 1. The van der Waals surface area contributed by atoms with Gasteiger partial charge in [0.05, 0.1) is 6.54 Å². The largest absolute Gasteiger partial charge is 0.401 e. The van der Waals surface area contributed by atoms with E-state index in [1.807, 2.05) is 0 Å². The van der Waals surface area contributed by atoms with Crippen LogP contribution < -0.4 is 5.73 Å². The minimum atomic E-state index is -4.07. The molecule has 1 aliphatic heterocycles. The van der Waals surface area contributed by atoms with Gasteiger partial charge in [-0.15, -0.1) is 24.8 Å². The number of nitrogens with zero attached hydrogens (tertiary/aromatic N) is 1. The van der Waals surface area contributed by atoms with E-state index in [-0.39, 0.29) is 30.7 Å². The van der Waals surface area contributed by atoms with Gasteiger partial charge in [-0.2, -0.15) is 13.2 Å². The molecule has 0 spiro atoms. The van der Waals surface area contributed by atoms with Crippen molar-refractivity contribution in [3.8, 4) is 0 Å². The molecule has 0 saturated carbocycles. The third-order valence-corrected chi connectivity index (χ3v) is 2.34. The summed E-state index contributed by atoms with van der Waals surface area (Å²) in [7, 11) is 0. The first-order chi connectivity index (χ1) is 6.01. The van der Waals surface area contributed by atoms with E-state index in [9.17, 15) is 13.2 Å². The fourth-order valence-corrected chi connectivity index (χ4v) is 1.74. The van der Waals surface area contributed by atoms with Crippen molar-refractivity contribution in [1.29, 1.82) is 0 Å². The van der Waals surface area contributed by atoms with E-state index in [4.69, 9.17) is 5.73 Å². The molecule has 15 heavy (non-hydrogen) atoms. The molecule has 94 valence electrons. The molecule has 1 saturated heterocycles. The zero-order chi connectivity index (χ0) is 9.90. The minimum Gasteiger partial charge on any atom is -0.330 e. The van der Waals surface area contributed by atoms with Gasteiger partial charge in [0.15, 0.2) is 0 Å². The molecule has 1 aliphatic rings. The highest BCUT2D eigenvalue weighted by Crippen LogP contribution is 2.21. The number of nitrogens with two attached hydrogens (primary N) is 1. The quantitative estimate of drug-likeness (QED) is 0.831. The van der Waals surface area contributed by atoms with E-state index in [1.54, 1.807) is 0 Å². The van der Waals surface area contributed by atoms with Gasteiger partial charge < -0.3 is 5.73 Å². The number of alkyl halides is 3. The Bertz CT molecular complexity index is 166. The lowest BCUT2D eigenvalue weighted by molar-refractivity contribution is -0.149. The normalized spacial score (nSPS) is 22.8. The molecule has 2 N–H and O–H groups in total. The van der Waals surface area contributed by atoms with Crippen molar-refractivity contribution >= 4 is 24.8 Å². The van der Waals surface area contributed by atoms with Crippen LogP contribution in [-0.2, 0) is 0 Å². The first-order valence-corrected chi connectivity index (χ1v) is 4.50. The lowest BCUT2D eigenvalue weighted by Crippen LogP contribution is -2.43. The van der Waals surface area contributed by atoms with Gasteiger partial charge >= 0.3 is 6.18 Å². The number of likely N-dealkylation sites (tertiary alicyclic amines) is 1. The zero-order valence-electron chi connectivity index (χ0n) is 8.29. The van der Waals surface area contributed by atoms with Crippen LogP contribution in [0.3, 0.4) is 0 Å². The predicted molar refractivity (Wildman–Crippen MR) is 58.8 cm³/mol. The summed E-state index contributed by atoms with van der Waals surface area (Å²) in [6, 6.07) is 0. The summed E-state index contributed by atoms with van der Waals surface area (Å²) < 4.78 is 36.0. The highest BCUT2D eigenvalue weighted by molar-refractivity contribution is 5.85. The Morgan fingerprint density at radius 3 is 2.33 bits per heavy atom. The highest BCUT2D eigenvalue weighted by atomic mass is 35.5. The average Bonchev–Trinajstić information content (AvgIpc) is 2.01. The van der Waals surface area contributed by atoms with Crippen molar-refractivity contribution in [1.82, 2.24) is 4.90 Å². The van der Waals surface area contributed by atoms with Gasteiger partial charge in [0.25, 0.3) is 0 Å². The van der Waals surface area contributed by atoms with Crippen LogP contribution in [0.2, 0.25) is 0 Å². The van der Waals surface area contributed by atoms with Crippen LogP contribution in [0.5, 0.6) is 0 Å². The van der Waals surface area contributed by atoms with E-state index in [1.165, 1.54) is 4.90 Å². The first-order valence-electron chi connectivity index (χ1n) is 4.50. The monoisotopic (exact) mass is 268 g/mol. The molecule has 1 fully saturated rings. The molecular formula is C8H17Cl2F3N2. The third-order valence-electron chi connectivity index (χ3n) is 2.34. The number of hydrogen-bond acceptors (Lipinski definition) is 2. The summed E-state index contributed by atoms with van der Waals surface area (Å²) in [6.07, 6.45) is -2.28. The van der Waals surface area contributed by atoms with E-state index < -0.39 is 12.7 Å². The molecule has 1 heterocycles. The van der Waals surface area contributed by atoms with Gasteiger partial charge in [0, 0.05) is 6.54 Å². The van der Waals surface area contributed by atoms with Crippen LogP contribution in [0.1, 0.15) is 12.8 Å². The molecule has 0 amide bonds. The predicted octanol–water partition coefficient (Wildman–Crippen LogP) is 2.06. The lowest BCUT2D eigenvalue weighted by atomic mass is 9.98. The fourth-order valence-electron chi connectivity index (χ4n) is 1.74. The van der Waals surface area contributed by atoms with E-state index in [2.05, 4.69) is 0 Å². The molecule has 0 aromatic rings. The van der Waals surface area contributed by atoms with Crippen LogP contribution in [0.4, 0.5) is 13.2 Å². The van der Waals surface area contributed by atoms with Gasteiger partial charge in [-0.3, -0.25) is 4.90 Å². The second kappa shape index (κ2) is 7.54. The summed E-state index contributed by atoms with van der Waals surface area (Å²) >= 11 is 0. The Balaban J connectivity index is 0. The van der Waals surface area contributed by atoms with Crippen LogP contribution in [0.15, 0.2) is 0 Å². The summed E-state index contributed by atoms with van der Waals surface area (Å²) in [4.78, 5) is 1.45. The van der Waals surface area contributed by atoms with Gasteiger partial charge in [0.1, 0.15) is 0 Å². The number of rotatable bonds is 2. The molecular weight excluding hydrogens is 252 g/mol. The van der Waals surface area contributed by atoms with Crippen LogP contribution in [0.25, 0.3) is 0 Å². The Morgan fingerprint density at radius 1 is 1.27 bits per heavy atom. The summed E-state index contributed by atoms with van der Waals surface area (Å²) in [5.74, 6) is 0.246. The number of halogens is 5. The zero-order valence-corrected chi connectivity index (χ0v) is 9.93. The molecule has 0 radical (unpaired) electrons. The maximum atomic E-state index is 12.0. The van der Waals surface area contributed by atoms with Crippen molar-refractivity contribution in [2.75, 3.05) is 26.2 Å². The molecule has 0 bridgehead atoms. The van der Waals surface area contributed by atoms with Crippen molar-refractivity contribution in [3.05, 3.63) is 0 Å². The summed E-state index contributed by atoms with van der Waals surface area (Å²) in [6.45, 7) is 0.754. The standard InChI is InChI=1S/C8H15F3N2.2ClH/c9-8(10,11)6-13-3-1-2-7(4-12)5-13;;/h7H,1-6,12H2;2*1H. The molecule has 0 aliphatic carbocycles. The van der Waals surface area contributed by atoms with Gasteiger partial charge in [0.2, 0.25) is 0 Å². The van der Waals surface area contributed by atoms with E-state index >= 15 is 0 Å². The Morgan fingerprint density at radius 2 is 1.87 bits per heavy atom. The van der Waals surface area contributed by atoms with Crippen LogP contribution in [-0.4, -0.2) is 37.3 Å². The molecule has 0 aromatic carbocycles. The van der Waals surface area contributed by atoms with E-state index in [0.717, 1.165) is 12.8 Å². The van der Waals surface area contributed by atoms with Crippen molar-refractivity contribution < 1.29 is 13.2 Å². The topological polar surface area (TPSA) is 29.3 Å². The maximum absolute atomic E-state index is 12.0. The molecule has 1 rings (SSSR count). The summed E-state index contributed by atoms with van der Waals surface area (Å²) in [5.41, 5.74) is 5.42. The third kappa shape index (κ3) is 7.22. The van der Waals surface area contributed by atoms with Crippen molar-refractivity contribution in [3.63, 3.8) is 0 Å². The summed E-state index contributed by atoms with van der Waals surface area (Å²) in [5, 5.41) is 0. The van der Waals surface area contributed by atoms with Gasteiger partial charge in [-0.1, -0.05) is 0 Å². The number of piperidine rings is 1. The van der Waals surface area contributed by atoms with Crippen molar-refractivity contribution in [2.24, 2.45) is 11.7 Å². The lowest BCUT2D eigenvalue weighted by Gasteiger charge is -2.32. The molecule has 1 atom stereocenters. The highest BCUT2D eigenvalue weighted by Gasteiger charge is 2.32. The SMILES string of the molecule is Cl.Cl.NCC1CCCN(CC(F)(F)F)C1. The second-order valence-electron chi connectivity index (χ2n) is 3.59. The van der Waals surface area contributed by atoms with Gasteiger partial charge in [-0.05, 0) is 31.8 Å². The Hall–Kier alpha value is 0.290. The fraction of sp³-hybridized carbons (Fsp3) is 1.00. The molecule has 1 unspecified atom stereocenters. The molecule has 0 aromatic heterocycles. The van der Waals surface area contributed by atoms with Crippen molar-refractivity contribution in [2.45, 2.75) is 19.0 Å². The van der Waals surface area contributed by atoms with E-state index in [0.29, 0.717) is 19.6 Å². The molecule has 2 nitrogen and oxygen atoms in total. The maximum Gasteiger partial charge on any atom is 0.401 e. The Labute approximate surface area is 100 Å². The Kier molecular flexibility index (Phi) is 8.89. The average molecular weight is 269 g/mol. The second-order valence-corrected chi connectivity index (χ2v) is 3.59. The smallest absolute Gasteiger partial charge is 0.330 e. The minimum absolute atomic E-state index is 0.